The van der Waals surface area contributed by atoms with Crippen molar-refractivity contribution < 1.29 is 4.74 Å². The van der Waals surface area contributed by atoms with E-state index >= 15 is 0 Å². The largest absolute Gasteiger partial charge is 0.376 e. The van der Waals surface area contributed by atoms with Gasteiger partial charge < -0.3 is 4.74 Å². The minimum Gasteiger partial charge on any atom is -0.376 e. The lowest BCUT2D eigenvalue weighted by molar-refractivity contribution is 0.000542. The van der Waals surface area contributed by atoms with Gasteiger partial charge in [-0.3, -0.25) is 10.5 Å². The molecule has 3 N–H and O–H groups in total. The number of ether oxygens (including phenoxy) is 1. The summed E-state index contributed by atoms with van der Waals surface area (Å²) in [5, 5.41) is 4.32. The Morgan fingerprint density at radius 2 is 2.17 bits per heavy atom. The Morgan fingerprint density at radius 1 is 1.50 bits per heavy atom. The normalized spacial score (nSPS) is 15.1. The number of nitrogens with zero attached hydrogens (tertiary/aromatic N) is 2. The Morgan fingerprint density at radius 3 is 2.61 bits per heavy atom. The van der Waals surface area contributed by atoms with E-state index in [9.17, 15) is 0 Å². The zero-order valence-corrected chi connectivity index (χ0v) is 13.1. The van der Waals surface area contributed by atoms with Gasteiger partial charge in [0.2, 0.25) is 0 Å². The number of nitrogens with one attached hydrogen (secondary N) is 1. The van der Waals surface area contributed by atoms with Crippen LogP contribution in [-0.4, -0.2) is 22.5 Å². The molecule has 1 aromatic rings. The molecule has 0 bridgehead atoms. The zero-order valence-electron chi connectivity index (χ0n) is 11.5. The molecule has 0 saturated carbocycles. The van der Waals surface area contributed by atoms with E-state index < -0.39 is 0 Å². The number of aryl methyl sites for hydroxylation is 1. The Kier molecular flexibility index (Phi) is 6.28. The van der Waals surface area contributed by atoms with Crippen molar-refractivity contribution >= 4 is 15.9 Å². The Balaban J connectivity index is 3.09. The van der Waals surface area contributed by atoms with Crippen molar-refractivity contribution in [2.45, 2.75) is 46.4 Å². The van der Waals surface area contributed by atoms with Crippen LogP contribution in [0.1, 0.15) is 39.4 Å². The highest BCUT2D eigenvalue weighted by Crippen LogP contribution is 2.29. The SMILES string of the molecule is CCOC(C(C)C)C(NN)c1c(Br)cnn1CC. The van der Waals surface area contributed by atoms with Crippen LogP contribution in [0, 0.1) is 5.92 Å². The molecule has 1 heterocycles. The molecular weight excluding hydrogens is 296 g/mol. The maximum atomic E-state index is 5.83. The molecule has 0 aliphatic carbocycles. The first-order chi connectivity index (χ1) is 8.56. The molecule has 104 valence electrons. The molecule has 0 fully saturated rings. The van der Waals surface area contributed by atoms with Gasteiger partial charge in [-0.2, -0.15) is 5.10 Å². The third-order valence-corrected chi connectivity index (χ3v) is 3.56. The fourth-order valence-electron chi connectivity index (χ4n) is 2.13. The summed E-state index contributed by atoms with van der Waals surface area (Å²) in [6, 6.07) is -0.0817. The molecule has 0 saturated heterocycles. The highest BCUT2D eigenvalue weighted by atomic mass is 79.9. The van der Waals surface area contributed by atoms with Crippen LogP contribution in [0.4, 0.5) is 0 Å². The number of halogens is 1. The molecule has 18 heavy (non-hydrogen) atoms. The first-order valence-corrected chi connectivity index (χ1v) is 7.14. The van der Waals surface area contributed by atoms with Gasteiger partial charge in [-0.05, 0) is 35.7 Å². The third-order valence-electron chi connectivity index (χ3n) is 2.95. The van der Waals surface area contributed by atoms with Gasteiger partial charge in [0.15, 0.2) is 0 Å². The van der Waals surface area contributed by atoms with E-state index in [0.717, 1.165) is 16.7 Å². The molecule has 6 heteroatoms. The summed E-state index contributed by atoms with van der Waals surface area (Å²) in [5.41, 5.74) is 3.90. The van der Waals surface area contributed by atoms with Crippen LogP contribution in [0.5, 0.6) is 0 Å². The zero-order chi connectivity index (χ0) is 13.7. The average Bonchev–Trinajstić information content (AvgIpc) is 2.71. The first-order valence-electron chi connectivity index (χ1n) is 6.35. The monoisotopic (exact) mass is 318 g/mol. The van der Waals surface area contributed by atoms with Crippen molar-refractivity contribution in [1.29, 1.82) is 0 Å². The maximum absolute atomic E-state index is 5.83. The molecule has 1 aromatic heterocycles. The van der Waals surface area contributed by atoms with Gasteiger partial charge in [-0.25, -0.2) is 5.43 Å². The summed E-state index contributed by atoms with van der Waals surface area (Å²) < 4.78 is 8.72. The van der Waals surface area contributed by atoms with E-state index in [0.29, 0.717) is 12.5 Å². The summed E-state index contributed by atoms with van der Waals surface area (Å²) in [6.45, 7) is 9.78. The molecule has 5 nitrogen and oxygen atoms in total. The second-order valence-corrected chi connectivity index (χ2v) is 5.36. The smallest absolute Gasteiger partial charge is 0.0904 e. The Labute approximate surface area is 117 Å². The van der Waals surface area contributed by atoms with Crippen LogP contribution in [0.25, 0.3) is 0 Å². The van der Waals surface area contributed by atoms with Gasteiger partial charge in [-0.15, -0.1) is 0 Å². The Hall–Kier alpha value is -0.430. The molecule has 0 radical (unpaired) electrons. The van der Waals surface area contributed by atoms with E-state index in [2.05, 4.69) is 47.2 Å². The molecule has 2 atom stereocenters. The van der Waals surface area contributed by atoms with Gasteiger partial charge in [0, 0.05) is 13.2 Å². The summed E-state index contributed by atoms with van der Waals surface area (Å²) in [5.74, 6) is 6.09. The fourth-order valence-corrected chi connectivity index (χ4v) is 2.67. The highest BCUT2D eigenvalue weighted by Gasteiger charge is 2.30. The van der Waals surface area contributed by atoms with Crippen molar-refractivity contribution in [2.24, 2.45) is 11.8 Å². The molecule has 0 aromatic carbocycles. The number of rotatable bonds is 7. The summed E-state index contributed by atoms with van der Waals surface area (Å²) in [6.07, 6.45) is 1.81. The van der Waals surface area contributed by atoms with Gasteiger partial charge >= 0.3 is 0 Å². The third kappa shape index (κ3) is 3.32. The molecule has 0 amide bonds. The molecule has 2 unspecified atom stereocenters. The second-order valence-electron chi connectivity index (χ2n) is 4.50. The number of hydrogen-bond donors (Lipinski definition) is 2. The van der Waals surface area contributed by atoms with Gasteiger partial charge in [0.05, 0.1) is 28.5 Å². The lowest BCUT2D eigenvalue weighted by atomic mass is 9.97. The van der Waals surface area contributed by atoms with E-state index in [1.165, 1.54) is 0 Å². The van der Waals surface area contributed by atoms with Gasteiger partial charge in [-0.1, -0.05) is 13.8 Å². The highest BCUT2D eigenvalue weighted by molar-refractivity contribution is 9.10. The van der Waals surface area contributed by atoms with Crippen molar-refractivity contribution in [3.05, 3.63) is 16.4 Å². The van der Waals surface area contributed by atoms with Crippen molar-refractivity contribution in [2.75, 3.05) is 6.61 Å². The number of nitrogens with two attached hydrogens (primary N) is 1. The van der Waals surface area contributed by atoms with Crippen molar-refractivity contribution in [3.63, 3.8) is 0 Å². The summed E-state index contributed by atoms with van der Waals surface area (Å²) in [4.78, 5) is 0. The summed E-state index contributed by atoms with van der Waals surface area (Å²) >= 11 is 3.53. The van der Waals surface area contributed by atoms with Crippen LogP contribution < -0.4 is 11.3 Å². The first kappa shape index (κ1) is 15.6. The molecule has 0 aliphatic rings. The Bertz CT molecular complexity index is 367. The average molecular weight is 319 g/mol. The predicted molar refractivity (Wildman–Crippen MR) is 75.9 cm³/mol. The minimum absolute atomic E-state index is 0.0123. The molecule has 1 rings (SSSR count). The number of hydrogen-bond acceptors (Lipinski definition) is 4. The van der Waals surface area contributed by atoms with Gasteiger partial charge in [0.1, 0.15) is 0 Å². The number of hydrazine groups is 1. The van der Waals surface area contributed by atoms with E-state index in [-0.39, 0.29) is 12.1 Å². The van der Waals surface area contributed by atoms with Crippen LogP contribution in [0.3, 0.4) is 0 Å². The van der Waals surface area contributed by atoms with Crippen molar-refractivity contribution in [1.82, 2.24) is 15.2 Å². The lowest BCUT2D eigenvalue weighted by Gasteiger charge is -2.30. The topological polar surface area (TPSA) is 65.1 Å². The maximum Gasteiger partial charge on any atom is 0.0904 e. The quantitative estimate of drug-likeness (QED) is 0.597. The predicted octanol–water partition coefficient (Wildman–Crippen LogP) is 2.23. The lowest BCUT2D eigenvalue weighted by Crippen LogP contribution is -2.42. The van der Waals surface area contributed by atoms with Gasteiger partial charge in [0.25, 0.3) is 0 Å². The van der Waals surface area contributed by atoms with Crippen LogP contribution >= 0.6 is 15.9 Å². The van der Waals surface area contributed by atoms with Crippen LogP contribution in [0.15, 0.2) is 10.7 Å². The molecular formula is C12H23BrN4O. The standard InChI is InChI=1S/C12H23BrN4O/c1-5-17-11(9(13)7-15-17)10(16-14)12(8(3)4)18-6-2/h7-8,10,12,16H,5-6,14H2,1-4H3. The number of aromatic nitrogens is 2. The van der Waals surface area contributed by atoms with Crippen molar-refractivity contribution in [3.8, 4) is 0 Å². The van der Waals surface area contributed by atoms with E-state index in [4.69, 9.17) is 10.6 Å². The summed E-state index contributed by atoms with van der Waals surface area (Å²) in [7, 11) is 0. The van der Waals surface area contributed by atoms with Crippen LogP contribution in [-0.2, 0) is 11.3 Å². The van der Waals surface area contributed by atoms with Crippen LogP contribution in [0.2, 0.25) is 0 Å². The molecule has 0 spiro atoms. The second kappa shape index (κ2) is 7.23. The fraction of sp³-hybridized carbons (Fsp3) is 0.750. The molecule has 0 aliphatic heterocycles. The van der Waals surface area contributed by atoms with E-state index in [1.807, 2.05) is 11.6 Å². The minimum atomic E-state index is -0.0817. The van der Waals surface area contributed by atoms with E-state index in [1.54, 1.807) is 6.20 Å².